The smallest absolute Gasteiger partial charge is 0.227 e. The van der Waals surface area contributed by atoms with Crippen molar-refractivity contribution in [2.45, 2.75) is 25.0 Å². The molecule has 1 amide bonds. The molecule has 0 aliphatic carbocycles. The highest BCUT2D eigenvalue weighted by Gasteiger charge is 2.28. The average Bonchev–Trinajstić information content (AvgIpc) is 3.11. The second-order valence-corrected chi connectivity index (χ2v) is 7.39. The number of likely N-dealkylation sites (tertiary alicyclic amines) is 1. The molecular weight excluding hydrogens is 354 g/mol. The van der Waals surface area contributed by atoms with Crippen LogP contribution in [-0.4, -0.2) is 60.7 Å². The van der Waals surface area contributed by atoms with E-state index >= 15 is 0 Å². The van der Waals surface area contributed by atoms with Crippen LogP contribution in [0.1, 0.15) is 23.6 Å². The van der Waals surface area contributed by atoms with Crippen molar-refractivity contribution in [2.75, 3.05) is 39.5 Å². The third-order valence-electron chi connectivity index (χ3n) is 5.37. The minimum Gasteiger partial charge on any atom is -0.495 e. The number of likely N-dealkylation sites (N-methyl/N-ethyl adjacent to an activating group) is 1. The molecule has 3 N–H and O–H groups in total. The second-order valence-electron chi connectivity index (χ2n) is 7.39. The second kappa shape index (κ2) is 9.08. The summed E-state index contributed by atoms with van der Waals surface area (Å²) in [4.78, 5) is 17.0. The van der Waals surface area contributed by atoms with Crippen molar-refractivity contribution in [1.82, 2.24) is 9.80 Å². The minimum absolute atomic E-state index is 0.0261. The van der Waals surface area contributed by atoms with Gasteiger partial charge in [-0.05, 0) is 29.7 Å². The number of nitrogen functional groups attached to an aromatic ring is 1. The van der Waals surface area contributed by atoms with E-state index in [1.165, 1.54) is 0 Å². The fraction of sp³-hybridized carbons (Fsp3) is 0.409. The van der Waals surface area contributed by atoms with E-state index in [0.717, 1.165) is 24.1 Å². The molecule has 0 aromatic heterocycles. The monoisotopic (exact) mass is 383 g/mol. The highest BCUT2D eigenvalue weighted by atomic mass is 16.5. The molecule has 0 saturated carbocycles. The van der Waals surface area contributed by atoms with Gasteiger partial charge in [0, 0.05) is 26.7 Å². The lowest BCUT2D eigenvalue weighted by atomic mass is 10.0. The number of carbonyl (C=O) groups is 1. The molecule has 0 radical (unpaired) electrons. The van der Waals surface area contributed by atoms with E-state index in [-0.39, 0.29) is 24.5 Å². The third-order valence-corrected chi connectivity index (χ3v) is 5.37. The quantitative estimate of drug-likeness (QED) is 0.716. The lowest BCUT2D eigenvalue weighted by Gasteiger charge is -2.32. The van der Waals surface area contributed by atoms with E-state index in [0.29, 0.717) is 24.5 Å². The maximum atomic E-state index is 13.0. The number of anilines is 1. The maximum Gasteiger partial charge on any atom is 0.227 e. The summed E-state index contributed by atoms with van der Waals surface area (Å²) in [7, 11) is 3.42. The number of hydrogen-bond acceptors (Lipinski definition) is 5. The van der Waals surface area contributed by atoms with Crippen LogP contribution in [0, 0.1) is 0 Å². The predicted molar refractivity (Wildman–Crippen MR) is 110 cm³/mol. The molecule has 2 aromatic carbocycles. The standard InChI is InChI=1S/C22H29N3O3/c1-24(22(27)13-16-8-9-21(28-2)19(23)12-16)20(17-6-4-3-5-7-17)15-25-11-10-18(26)14-25/h3-9,12,18,20,26H,10-11,13-15,23H2,1-2H3/t18-,20+/m0/s1. The van der Waals surface area contributed by atoms with Gasteiger partial charge in [-0.15, -0.1) is 0 Å². The van der Waals surface area contributed by atoms with E-state index < -0.39 is 0 Å². The Bertz CT molecular complexity index is 797. The lowest BCUT2D eigenvalue weighted by molar-refractivity contribution is -0.131. The van der Waals surface area contributed by atoms with Crippen LogP contribution in [0.2, 0.25) is 0 Å². The van der Waals surface area contributed by atoms with E-state index in [2.05, 4.69) is 4.90 Å². The molecule has 1 saturated heterocycles. The zero-order valence-corrected chi connectivity index (χ0v) is 16.5. The minimum atomic E-state index is -0.278. The van der Waals surface area contributed by atoms with Gasteiger partial charge in [-0.25, -0.2) is 0 Å². The summed E-state index contributed by atoms with van der Waals surface area (Å²) in [5.74, 6) is 0.637. The summed E-state index contributed by atoms with van der Waals surface area (Å²) in [5.41, 5.74) is 8.46. The summed E-state index contributed by atoms with van der Waals surface area (Å²) in [6, 6.07) is 15.4. The number of rotatable bonds is 7. The van der Waals surface area contributed by atoms with Gasteiger partial charge in [0.2, 0.25) is 5.91 Å². The maximum absolute atomic E-state index is 13.0. The molecule has 1 aliphatic rings. The number of aliphatic hydroxyl groups excluding tert-OH is 1. The van der Waals surface area contributed by atoms with Crippen LogP contribution in [0.4, 0.5) is 5.69 Å². The van der Waals surface area contributed by atoms with Gasteiger partial charge in [0.15, 0.2) is 0 Å². The highest BCUT2D eigenvalue weighted by Crippen LogP contribution is 2.25. The van der Waals surface area contributed by atoms with Crippen molar-refractivity contribution in [3.8, 4) is 5.75 Å². The normalized spacial score (nSPS) is 18.0. The summed E-state index contributed by atoms with van der Waals surface area (Å²) in [6.07, 6.45) is 0.778. The Morgan fingerprint density at radius 2 is 2.07 bits per heavy atom. The molecule has 3 rings (SSSR count). The number of amides is 1. The first kappa shape index (κ1) is 20.2. The SMILES string of the molecule is COc1ccc(CC(=O)N(C)[C@H](CN2CC[C@H](O)C2)c2ccccc2)cc1N. The van der Waals surface area contributed by atoms with Gasteiger partial charge in [0.05, 0.1) is 31.4 Å². The van der Waals surface area contributed by atoms with E-state index in [1.54, 1.807) is 24.1 Å². The van der Waals surface area contributed by atoms with Gasteiger partial charge in [-0.2, -0.15) is 0 Å². The number of methoxy groups -OCH3 is 1. The van der Waals surface area contributed by atoms with Gasteiger partial charge in [-0.3, -0.25) is 9.69 Å². The Morgan fingerprint density at radius 1 is 1.32 bits per heavy atom. The molecule has 150 valence electrons. The first-order chi connectivity index (χ1) is 13.5. The number of carbonyl (C=O) groups excluding carboxylic acids is 1. The average molecular weight is 383 g/mol. The first-order valence-corrected chi connectivity index (χ1v) is 9.61. The van der Waals surface area contributed by atoms with Crippen LogP contribution < -0.4 is 10.5 Å². The Balaban J connectivity index is 1.75. The summed E-state index contributed by atoms with van der Waals surface area (Å²) in [6.45, 7) is 2.20. The summed E-state index contributed by atoms with van der Waals surface area (Å²) >= 11 is 0. The molecule has 0 unspecified atom stereocenters. The van der Waals surface area contributed by atoms with Gasteiger partial charge in [0.1, 0.15) is 5.75 Å². The van der Waals surface area contributed by atoms with E-state index in [9.17, 15) is 9.90 Å². The first-order valence-electron chi connectivity index (χ1n) is 9.61. The van der Waals surface area contributed by atoms with Crippen LogP contribution in [0.15, 0.2) is 48.5 Å². The Morgan fingerprint density at radius 3 is 2.68 bits per heavy atom. The number of β-amino-alcohol motifs (C(OH)–C–C–N with tert-alkyl or cyclic N) is 1. The molecule has 1 heterocycles. The van der Waals surface area contributed by atoms with Crippen molar-refractivity contribution in [2.24, 2.45) is 0 Å². The Hall–Kier alpha value is -2.57. The van der Waals surface area contributed by atoms with Crippen LogP contribution >= 0.6 is 0 Å². The number of nitrogens with zero attached hydrogens (tertiary/aromatic N) is 2. The fourth-order valence-corrected chi connectivity index (χ4v) is 3.72. The largest absolute Gasteiger partial charge is 0.495 e. The van der Waals surface area contributed by atoms with E-state index in [4.69, 9.17) is 10.5 Å². The number of nitrogens with two attached hydrogens (primary N) is 1. The van der Waals surface area contributed by atoms with Crippen LogP contribution in [0.3, 0.4) is 0 Å². The Labute approximate surface area is 166 Å². The van der Waals surface area contributed by atoms with Crippen molar-refractivity contribution in [1.29, 1.82) is 0 Å². The van der Waals surface area contributed by atoms with Gasteiger partial charge in [-0.1, -0.05) is 36.4 Å². The van der Waals surface area contributed by atoms with Gasteiger partial charge in [0.25, 0.3) is 0 Å². The molecule has 1 aliphatic heterocycles. The summed E-state index contributed by atoms with van der Waals surface area (Å²) in [5, 5.41) is 9.85. The van der Waals surface area contributed by atoms with Crippen molar-refractivity contribution in [3.05, 3.63) is 59.7 Å². The van der Waals surface area contributed by atoms with Crippen molar-refractivity contribution >= 4 is 11.6 Å². The van der Waals surface area contributed by atoms with Gasteiger partial charge >= 0.3 is 0 Å². The number of aliphatic hydroxyl groups is 1. The highest BCUT2D eigenvalue weighted by molar-refractivity contribution is 5.79. The van der Waals surface area contributed by atoms with Crippen molar-refractivity contribution < 1.29 is 14.6 Å². The molecule has 2 atom stereocenters. The predicted octanol–water partition coefficient (Wildman–Crippen LogP) is 2.09. The number of ether oxygens (including phenoxy) is 1. The number of hydrogen-bond donors (Lipinski definition) is 2. The van der Waals surface area contributed by atoms with Gasteiger partial charge < -0.3 is 20.5 Å². The molecular formula is C22H29N3O3. The molecule has 2 aromatic rings. The zero-order chi connectivity index (χ0) is 20.1. The molecule has 28 heavy (non-hydrogen) atoms. The lowest BCUT2D eigenvalue weighted by Crippen LogP contribution is -2.39. The van der Waals surface area contributed by atoms with Crippen molar-refractivity contribution in [3.63, 3.8) is 0 Å². The summed E-state index contributed by atoms with van der Waals surface area (Å²) < 4.78 is 5.19. The Kier molecular flexibility index (Phi) is 6.54. The molecule has 1 fully saturated rings. The molecule has 6 nitrogen and oxygen atoms in total. The van der Waals surface area contributed by atoms with Crippen LogP contribution in [-0.2, 0) is 11.2 Å². The third kappa shape index (κ3) is 4.82. The van der Waals surface area contributed by atoms with E-state index in [1.807, 2.05) is 43.4 Å². The fourth-order valence-electron chi connectivity index (χ4n) is 3.72. The molecule has 0 bridgehead atoms. The molecule has 0 spiro atoms. The topological polar surface area (TPSA) is 79.0 Å². The van der Waals surface area contributed by atoms with Crippen LogP contribution in [0.25, 0.3) is 0 Å². The number of benzene rings is 2. The van der Waals surface area contributed by atoms with Crippen LogP contribution in [0.5, 0.6) is 5.75 Å². The molecule has 6 heteroatoms. The zero-order valence-electron chi connectivity index (χ0n) is 16.5.